The van der Waals surface area contributed by atoms with E-state index in [1.165, 1.54) is 30.0 Å². The van der Waals surface area contributed by atoms with Crippen LogP contribution in [0.1, 0.15) is 17.3 Å². The molecule has 1 aromatic rings. The van der Waals surface area contributed by atoms with Gasteiger partial charge >= 0.3 is 0 Å². The lowest BCUT2D eigenvalue weighted by atomic mass is 10.1. The molecule has 0 aliphatic heterocycles. The third-order valence-corrected chi connectivity index (χ3v) is 3.22. The van der Waals surface area contributed by atoms with Crippen molar-refractivity contribution < 1.29 is 20.1 Å². The quantitative estimate of drug-likeness (QED) is 0.599. The Morgan fingerprint density at radius 2 is 2.11 bits per heavy atom. The van der Waals surface area contributed by atoms with Gasteiger partial charge in [-0.25, -0.2) is 0 Å². The number of thioether (sulfide) groups is 1. The van der Waals surface area contributed by atoms with Gasteiger partial charge in [0.2, 0.25) is 0 Å². The highest BCUT2D eigenvalue weighted by atomic mass is 32.2. The Labute approximate surface area is 110 Å². The number of hydrogen-bond donors (Lipinski definition) is 4. The molecule has 1 aromatic carbocycles. The summed E-state index contributed by atoms with van der Waals surface area (Å²) < 4.78 is 0. The summed E-state index contributed by atoms with van der Waals surface area (Å²) in [7, 11) is 0. The van der Waals surface area contributed by atoms with Crippen LogP contribution in [0.15, 0.2) is 18.2 Å². The first-order chi connectivity index (χ1) is 8.35. The molecule has 1 amide bonds. The van der Waals surface area contributed by atoms with Crippen LogP contribution < -0.4 is 5.32 Å². The van der Waals surface area contributed by atoms with Gasteiger partial charge in [-0.05, 0) is 31.4 Å². The number of benzene rings is 1. The number of amides is 1. The van der Waals surface area contributed by atoms with E-state index in [1.54, 1.807) is 6.92 Å². The molecule has 0 radical (unpaired) electrons. The Morgan fingerprint density at radius 1 is 1.44 bits per heavy atom. The number of rotatable bonds is 5. The highest BCUT2D eigenvalue weighted by Crippen LogP contribution is 2.22. The van der Waals surface area contributed by atoms with Gasteiger partial charge in [0.1, 0.15) is 11.5 Å². The van der Waals surface area contributed by atoms with Crippen LogP contribution >= 0.6 is 11.8 Å². The molecule has 0 spiro atoms. The van der Waals surface area contributed by atoms with Gasteiger partial charge in [-0.1, -0.05) is 0 Å². The molecule has 100 valence electrons. The number of phenols is 2. The van der Waals surface area contributed by atoms with Gasteiger partial charge in [0.05, 0.1) is 11.2 Å². The standard InChI is InChI=1S/C12H17NO4S/c1-12(17,7-18-2)6-13-11(16)9-5-8(14)3-4-10(9)15/h3-5,14-15,17H,6-7H2,1-2H3,(H,13,16). The Hall–Kier alpha value is -1.40. The van der Waals surface area contributed by atoms with Crippen molar-refractivity contribution in [2.45, 2.75) is 12.5 Å². The Balaban J connectivity index is 2.69. The van der Waals surface area contributed by atoms with Gasteiger partial charge in [-0.2, -0.15) is 11.8 Å². The minimum atomic E-state index is -1.01. The van der Waals surface area contributed by atoms with Crippen LogP contribution in [0.5, 0.6) is 11.5 Å². The fourth-order valence-corrected chi connectivity index (χ4v) is 2.16. The van der Waals surface area contributed by atoms with E-state index in [4.69, 9.17) is 0 Å². The lowest BCUT2D eigenvalue weighted by Gasteiger charge is -2.22. The molecule has 0 bridgehead atoms. The van der Waals surface area contributed by atoms with Crippen molar-refractivity contribution >= 4 is 17.7 Å². The number of carbonyl (C=O) groups excluding carboxylic acids is 1. The second-order valence-corrected chi connectivity index (χ2v) is 5.18. The molecule has 5 nitrogen and oxygen atoms in total. The van der Waals surface area contributed by atoms with Gasteiger partial charge < -0.3 is 20.6 Å². The Morgan fingerprint density at radius 3 is 2.72 bits per heavy atom. The molecular formula is C12H17NO4S. The number of aromatic hydroxyl groups is 2. The molecule has 0 saturated carbocycles. The molecule has 0 aliphatic carbocycles. The molecule has 1 atom stereocenters. The van der Waals surface area contributed by atoms with E-state index in [2.05, 4.69) is 5.32 Å². The summed E-state index contributed by atoms with van der Waals surface area (Å²) in [6.45, 7) is 1.69. The van der Waals surface area contributed by atoms with Crippen molar-refractivity contribution in [1.82, 2.24) is 5.32 Å². The average Bonchev–Trinajstić information content (AvgIpc) is 2.29. The molecule has 18 heavy (non-hydrogen) atoms. The molecule has 6 heteroatoms. The van der Waals surface area contributed by atoms with E-state index in [-0.39, 0.29) is 23.6 Å². The van der Waals surface area contributed by atoms with Crippen molar-refractivity contribution in [1.29, 1.82) is 0 Å². The van der Waals surface area contributed by atoms with Crippen LogP contribution in [0.25, 0.3) is 0 Å². The zero-order chi connectivity index (χ0) is 13.8. The summed E-state index contributed by atoms with van der Waals surface area (Å²) in [5.74, 6) is -0.368. The monoisotopic (exact) mass is 271 g/mol. The predicted octanol–water partition coefficient (Wildman–Crippen LogP) is 0.942. The Kier molecular flexibility index (Phi) is 4.86. The molecular weight excluding hydrogens is 254 g/mol. The van der Waals surface area contributed by atoms with Crippen molar-refractivity contribution in [3.63, 3.8) is 0 Å². The number of hydrogen-bond acceptors (Lipinski definition) is 5. The van der Waals surface area contributed by atoms with Gasteiger partial charge in [-0.3, -0.25) is 4.79 Å². The second kappa shape index (κ2) is 5.97. The van der Waals surface area contributed by atoms with Gasteiger partial charge in [0, 0.05) is 12.3 Å². The summed E-state index contributed by atoms with van der Waals surface area (Å²) in [5, 5.41) is 31.2. The van der Waals surface area contributed by atoms with Crippen molar-refractivity contribution in [2.75, 3.05) is 18.6 Å². The lowest BCUT2D eigenvalue weighted by molar-refractivity contribution is 0.0723. The first-order valence-corrected chi connectivity index (χ1v) is 6.76. The zero-order valence-corrected chi connectivity index (χ0v) is 11.1. The molecule has 4 N–H and O–H groups in total. The number of aliphatic hydroxyl groups is 1. The maximum atomic E-state index is 11.8. The molecule has 1 unspecified atom stereocenters. The SMILES string of the molecule is CSCC(C)(O)CNC(=O)c1cc(O)ccc1O. The average molecular weight is 271 g/mol. The minimum Gasteiger partial charge on any atom is -0.508 e. The maximum Gasteiger partial charge on any atom is 0.255 e. The number of phenolic OH excluding ortho intramolecular Hbond substituents is 2. The normalized spacial score (nSPS) is 13.9. The van der Waals surface area contributed by atoms with Crippen molar-refractivity contribution in [3.8, 4) is 11.5 Å². The number of nitrogens with one attached hydrogen (secondary N) is 1. The first kappa shape index (κ1) is 14.7. The third-order valence-electron chi connectivity index (χ3n) is 2.31. The maximum absolute atomic E-state index is 11.8. The third kappa shape index (κ3) is 4.12. The van der Waals surface area contributed by atoms with Crippen molar-refractivity contribution in [2.24, 2.45) is 0 Å². The molecule has 0 aromatic heterocycles. The summed E-state index contributed by atoms with van der Waals surface area (Å²) in [5.41, 5.74) is -1.03. The van der Waals surface area contributed by atoms with Crippen LogP contribution in [0.2, 0.25) is 0 Å². The first-order valence-electron chi connectivity index (χ1n) is 5.37. The van der Waals surface area contributed by atoms with E-state index in [0.29, 0.717) is 5.75 Å². The Bertz CT molecular complexity index is 434. The highest BCUT2D eigenvalue weighted by molar-refractivity contribution is 7.98. The van der Waals surface area contributed by atoms with E-state index in [9.17, 15) is 20.1 Å². The lowest BCUT2D eigenvalue weighted by Crippen LogP contribution is -2.42. The predicted molar refractivity (Wildman–Crippen MR) is 71.1 cm³/mol. The number of carbonyl (C=O) groups is 1. The zero-order valence-electron chi connectivity index (χ0n) is 10.3. The molecule has 0 fully saturated rings. The van der Waals surface area contributed by atoms with Crippen LogP contribution in [0.3, 0.4) is 0 Å². The van der Waals surface area contributed by atoms with Gasteiger partial charge in [0.25, 0.3) is 5.91 Å². The molecule has 1 rings (SSSR count). The summed E-state index contributed by atoms with van der Waals surface area (Å²) in [4.78, 5) is 11.8. The largest absolute Gasteiger partial charge is 0.508 e. The smallest absolute Gasteiger partial charge is 0.255 e. The van der Waals surface area contributed by atoms with Crippen LogP contribution in [0, 0.1) is 0 Å². The molecule has 0 heterocycles. The molecule has 0 saturated heterocycles. The molecule has 0 aliphatic rings. The van der Waals surface area contributed by atoms with Crippen LogP contribution in [0.4, 0.5) is 0 Å². The summed E-state index contributed by atoms with van der Waals surface area (Å²) in [6.07, 6.45) is 1.86. The fraction of sp³-hybridized carbons (Fsp3) is 0.417. The van der Waals surface area contributed by atoms with Gasteiger partial charge in [0.15, 0.2) is 0 Å². The summed E-state index contributed by atoms with van der Waals surface area (Å²) >= 11 is 1.47. The van der Waals surface area contributed by atoms with E-state index in [0.717, 1.165) is 0 Å². The van der Waals surface area contributed by atoms with E-state index in [1.807, 2.05) is 6.26 Å². The topological polar surface area (TPSA) is 89.8 Å². The van der Waals surface area contributed by atoms with Gasteiger partial charge in [-0.15, -0.1) is 0 Å². The van der Waals surface area contributed by atoms with Crippen LogP contribution in [-0.4, -0.2) is 45.4 Å². The highest BCUT2D eigenvalue weighted by Gasteiger charge is 2.21. The van der Waals surface area contributed by atoms with Crippen LogP contribution in [-0.2, 0) is 0 Å². The summed E-state index contributed by atoms with van der Waals surface area (Å²) in [6, 6.07) is 3.70. The fourth-order valence-electron chi connectivity index (χ4n) is 1.43. The second-order valence-electron chi connectivity index (χ2n) is 4.31. The van der Waals surface area contributed by atoms with E-state index < -0.39 is 11.5 Å². The van der Waals surface area contributed by atoms with E-state index >= 15 is 0 Å². The minimum absolute atomic E-state index is 0.0186. The van der Waals surface area contributed by atoms with Crippen molar-refractivity contribution in [3.05, 3.63) is 23.8 Å².